The molecular weight excluding hydrogens is 348 g/mol. The molecular formula is C23H34N4O. The van der Waals surface area contributed by atoms with Crippen molar-refractivity contribution in [2.75, 3.05) is 38.1 Å². The highest BCUT2D eigenvalue weighted by Gasteiger charge is 2.21. The summed E-state index contributed by atoms with van der Waals surface area (Å²) >= 11 is 0. The molecule has 2 heterocycles. The van der Waals surface area contributed by atoms with Crippen LogP contribution in [0, 0.1) is 0 Å². The Labute approximate surface area is 169 Å². The van der Waals surface area contributed by atoms with Gasteiger partial charge in [0, 0.05) is 37.0 Å². The van der Waals surface area contributed by atoms with E-state index in [4.69, 9.17) is 9.72 Å². The van der Waals surface area contributed by atoms with Crippen LogP contribution in [0.4, 0.5) is 5.95 Å². The molecule has 0 N–H and O–H groups in total. The fourth-order valence-electron chi connectivity index (χ4n) is 3.54. The first kappa shape index (κ1) is 20.6. The quantitative estimate of drug-likeness (QED) is 0.785. The summed E-state index contributed by atoms with van der Waals surface area (Å²) in [6.07, 6.45) is 3.17. The van der Waals surface area contributed by atoms with E-state index in [1.54, 1.807) is 0 Å². The van der Waals surface area contributed by atoms with Crippen molar-refractivity contribution in [1.29, 1.82) is 0 Å². The Balaban J connectivity index is 1.93. The van der Waals surface area contributed by atoms with Gasteiger partial charge in [0.1, 0.15) is 5.75 Å². The van der Waals surface area contributed by atoms with Gasteiger partial charge in [-0.3, -0.25) is 0 Å². The van der Waals surface area contributed by atoms with Crippen LogP contribution < -0.4 is 9.64 Å². The normalized spacial score (nSPS) is 16.3. The summed E-state index contributed by atoms with van der Waals surface area (Å²) in [6, 6.07) is 8.41. The molecule has 5 heteroatoms. The van der Waals surface area contributed by atoms with Gasteiger partial charge in [-0.05, 0) is 63.5 Å². The lowest BCUT2D eigenvalue weighted by Crippen LogP contribution is -2.30. The van der Waals surface area contributed by atoms with Crippen LogP contribution in [0.5, 0.6) is 5.75 Å². The Morgan fingerprint density at radius 2 is 1.82 bits per heavy atom. The molecule has 1 aromatic carbocycles. The summed E-state index contributed by atoms with van der Waals surface area (Å²) in [6.45, 7) is 14.9. The number of nitrogens with zero attached hydrogens (tertiary/aromatic N) is 4. The second kappa shape index (κ2) is 8.48. The molecule has 1 saturated heterocycles. The maximum Gasteiger partial charge on any atom is 0.225 e. The second-order valence-corrected chi connectivity index (χ2v) is 9.01. The smallest absolute Gasteiger partial charge is 0.225 e. The Bertz CT molecular complexity index is 797. The summed E-state index contributed by atoms with van der Waals surface area (Å²) in [5, 5.41) is 0. The summed E-state index contributed by atoms with van der Waals surface area (Å²) in [4.78, 5) is 14.1. The first-order valence-electron chi connectivity index (χ1n) is 10.3. The first-order valence-corrected chi connectivity index (χ1v) is 10.3. The third-order valence-electron chi connectivity index (χ3n) is 5.09. The predicted molar refractivity (Wildman–Crippen MR) is 116 cm³/mol. The average molecular weight is 383 g/mol. The molecule has 0 atom stereocenters. The van der Waals surface area contributed by atoms with Gasteiger partial charge in [-0.25, -0.2) is 9.97 Å². The van der Waals surface area contributed by atoms with E-state index >= 15 is 0 Å². The lowest BCUT2D eigenvalue weighted by Gasteiger charge is -2.25. The zero-order chi connectivity index (χ0) is 20.3. The highest BCUT2D eigenvalue weighted by atomic mass is 16.5. The van der Waals surface area contributed by atoms with Gasteiger partial charge in [-0.1, -0.05) is 20.8 Å². The van der Waals surface area contributed by atoms with Crippen molar-refractivity contribution in [3.8, 4) is 17.0 Å². The van der Waals surface area contributed by atoms with E-state index in [1.807, 2.05) is 12.3 Å². The van der Waals surface area contributed by atoms with E-state index in [0.29, 0.717) is 0 Å². The summed E-state index contributed by atoms with van der Waals surface area (Å²) < 4.78 is 6.06. The van der Waals surface area contributed by atoms with Crippen LogP contribution in [0.3, 0.4) is 0 Å². The van der Waals surface area contributed by atoms with Gasteiger partial charge in [0.2, 0.25) is 5.95 Å². The van der Waals surface area contributed by atoms with E-state index < -0.39 is 0 Å². The zero-order valence-corrected chi connectivity index (χ0v) is 18.2. The lowest BCUT2D eigenvalue weighted by molar-refractivity contribution is 0.236. The van der Waals surface area contributed by atoms with E-state index in [9.17, 15) is 0 Å². The molecule has 3 rings (SSSR count). The number of rotatable bonds is 4. The number of anilines is 1. The standard InChI is InChI=1S/C23H34N4O/c1-17(2)28-21-9-8-18(16-19(21)23(3,4)5)20-10-11-24-22(25-20)27-13-7-12-26(6)14-15-27/h8-11,16-17H,7,12-15H2,1-6H3. The molecule has 0 unspecified atom stereocenters. The Morgan fingerprint density at radius 1 is 1.04 bits per heavy atom. The van der Waals surface area contributed by atoms with E-state index in [2.05, 4.69) is 74.6 Å². The third kappa shape index (κ3) is 5.02. The lowest BCUT2D eigenvalue weighted by atomic mass is 9.85. The summed E-state index contributed by atoms with van der Waals surface area (Å²) in [7, 11) is 2.18. The second-order valence-electron chi connectivity index (χ2n) is 9.01. The van der Waals surface area contributed by atoms with Gasteiger partial charge in [0.15, 0.2) is 0 Å². The molecule has 28 heavy (non-hydrogen) atoms. The average Bonchev–Trinajstić information content (AvgIpc) is 2.85. The molecule has 1 aliphatic rings. The fraction of sp³-hybridized carbons (Fsp3) is 0.565. The van der Waals surface area contributed by atoms with Gasteiger partial charge >= 0.3 is 0 Å². The summed E-state index contributed by atoms with van der Waals surface area (Å²) in [5.74, 6) is 1.78. The van der Waals surface area contributed by atoms with Gasteiger partial charge in [-0.2, -0.15) is 0 Å². The van der Waals surface area contributed by atoms with E-state index in [0.717, 1.165) is 55.6 Å². The molecule has 0 bridgehead atoms. The Morgan fingerprint density at radius 3 is 2.54 bits per heavy atom. The highest BCUT2D eigenvalue weighted by molar-refractivity contribution is 5.64. The number of benzene rings is 1. The van der Waals surface area contributed by atoms with Gasteiger partial charge in [0.25, 0.3) is 0 Å². The van der Waals surface area contributed by atoms with Crippen molar-refractivity contribution < 1.29 is 4.74 Å². The zero-order valence-electron chi connectivity index (χ0n) is 18.2. The SMILES string of the molecule is CC(C)Oc1ccc(-c2ccnc(N3CCCN(C)CC3)n2)cc1C(C)(C)C. The number of hydrogen-bond donors (Lipinski definition) is 0. The van der Waals surface area contributed by atoms with Gasteiger partial charge in [0.05, 0.1) is 11.8 Å². The first-order chi connectivity index (χ1) is 13.2. The number of likely N-dealkylation sites (N-methyl/N-ethyl adjacent to an activating group) is 1. The van der Waals surface area contributed by atoms with Crippen LogP contribution in [0.2, 0.25) is 0 Å². The topological polar surface area (TPSA) is 41.5 Å². The van der Waals surface area contributed by atoms with Crippen molar-refractivity contribution in [3.63, 3.8) is 0 Å². The van der Waals surface area contributed by atoms with Crippen molar-refractivity contribution in [1.82, 2.24) is 14.9 Å². The molecule has 2 aromatic rings. The van der Waals surface area contributed by atoms with Gasteiger partial charge in [-0.15, -0.1) is 0 Å². The van der Waals surface area contributed by atoms with Crippen LogP contribution in [0.25, 0.3) is 11.3 Å². The monoisotopic (exact) mass is 382 g/mol. The number of ether oxygens (including phenoxy) is 1. The molecule has 1 aromatic heterocycles. The molecule has 0 saturated carbocycles. The maximum atomic E-state index is 6.06. The van der Waals surface area contributed by atoms with Crippen LogP contribution >= 0.6 is 0 Å². The molecule has 0 spiro atoms. The summed E-state index contributed by atoms with van der Waals surface area (Å²) in [5.41, 5.74) is 3.27. The number of hydrogen-bond acceptors (Lipinski definition) is 5. The molecule has 5 nitrogen and oxygen atoms in total. The minimum Gasteiger partial charge on any atom is -0.491 e. The minimum absolute atomic E-state index is 0.00847. The van der Waals surface area contributed by atoms with Crippen LogP contribution in [0.1, 0.15) is 46.6 Å². The Hall–Kier alpha value is -2.14. The molecule has 1 aliphatic heterocycles. The van der Waals surface area contributed by atoms with Crippen molar-refractivity contribution in [3.05, 3.63) is 36.0 Å². The molecule has 152 valence electrons. The number of aromatic nitrogens is 2. The van der Waals surface area contributed by atoms with Crippen LogP contribution in [0.15, 0.2) is 30.5 Å². The van der Waals surface area contributed by atoms with Crippen LogP contribution in [-0.2, 0) is 5.41 Å². The Kier molecular flexibility index (Phi) is 6.23. The fourth-order valence-corrected chi connectivity index (χ4v) is 3.54. The van der Waals surface area contributed by atoms with E-state index in [1.165, 1.54) is 5.56 Å². The highest BCUT2D eigenvalue weighted by Crippen LogP contribution is 2.35. The van der Waals surface area contributed by atoms with Gasteiger partial charge < -0.3 is 14.5 Å². The largest absolute Gasteiger partial charge is 0.491 e. The maximum absolute atomic E-state index is 6.06. The van der Waals surface area contributed by atoms with Crippen molar-refractivity contribution in [2.24, 2.45) is 0 Å². The van der Waals surface area contributed by atoms with E-state index in [-0.39, 0.29) is 11.5 Å². The third-order valence-corrected chi connectivity index (χ3v) is 5.09. The predicted octanol–water partition coefficient (Wildman–Crippen LogP) is 4.37. The molecule has 0 radical (unpaired) electrons. The van der Waals surface area contributed by atoms with Crippen LogP contribution in [-0.4, -0.2) is 54.2 Å². The minimum atomic E-state index is -0.00847. The molecule has 0 amide bonds. The molecule has 1 fully saturated rings. The molecule has 0 aliphatic carbocycles. The van der Waals surface area contributed by atoms with Crippen molar-refractivity contribution in [2.45, 2.75) is 52.6 Å². The van der Waals surface area contributed by atoms with Crippen molar-refractivity contribution >= 4 is 5.95 Å².